The zero-order chi connectivity index (χ0) is 19.3. The number of carboxylic acid groups (broad SMARTS) is 1. The number of rotatable bonds is 6. The molecule has 26 heavy (non-hydrogen) atoms. The van der Waals surface area contributed by atoms with Crippen molar-refractivity contribution in [2.24, 2.45) is 11.8 Å². The first-order valence-corrected chi connectivity index (χ1v) is 9.29. The van der Waals surface area contributed by atoms with Crippen LogP contribution in [-0.2, 0) is 9.59 Å². The second kappa shape index (κ2) is 8.83. The van der Waals surface area contributed by atoms with Gasteiger partial charge in [-0.3, -0.25) is 9.59 Å². The van der Waals surface area contributed by atoms with E-state index < -0.39 is 12.0 Å². The number of benzene rings is 1. The summed E-state index contributed by atoms with van der Waals surface area (Å²) in [5.74, 6) is -1.21. The van der Waals surface area contributed by atoms with E-state index in [9.17, 15) is 19.5 Å². The standard InChI is InChI=1S/C20H28N2O4/c1-4-13(2)14(3)18(23)21-16-9-7-8-15(12-16)19(24)22-11-6-5-10-17(22)20(25)26/h7-9,12-14,17H,4-6,10-11H2,1-3H3,(H,21,23)(H,25,26). The fourth-order valence-electron chi connectivity index (χ4n) is 3.20. The highest BCUT2D eigenvalue weighted by Crippen LogP contribution is 2.22. The van der Waals surface area contributed by atoms with Gasteiger partial charge in [-0.2, -0.15) is 0 Å². The van der Waals surface area contributed by atoms with Crippen LogP contribution < -0.4 is 5.32 Å². The molecule has 2 rings (SSSR count). The lowest BCUT2D eigenvalue weighted by molar-refractivity contribution is -0.143. The molecule has 1 aliphatic heterocycles. The van der Waals surface area contributed by atoms with E-state index in [1.54, 1.807) is 24.3 Å². The normalized spacial score (nSPS) is 19.5. The van der Waals surface area contributed by atoms with E-state index in [0.717, 1.165) is 19.3 Å². The molecule has 1 heterocycles. The van der Waals surface area contributed by atoms with Crippen LogP contribution in [0.1, 0.15) is 56.8 Å². The number of amides is 2. The molecule has 0 spiro atoms. The molecule has 1 aromatic carbocycles. The van der Waals surface area contributed by atoms with Gasteiger partial charge < -0.3 is 15.3 Å². The molecular weight excluding hydrogens is 332 g/mol. The third-order valence-electron chi connectivity index (χ3n) is 5.34. The van der Waals surface area contributed by atoms with Crippen molar-refractivity contribution in [1.82, 2.24) is 4.90 Å². The van der Waals surface area contributed by atoms with Crippen LogP contribution >= 0.6 is 0 Å². The minimum Gasteiger partial charge on any atom is -0.480 e. The molecule has 6 heteroatoms. The van der Waals surface area contributed by atoms with Gasteiger partial charge in [-0.25, -0.2) is 4.79 Å². The maximum Gasteiger partial charge on any atom is 0.326 e. The van der Waals surface area contributed by atoms with Crippen molar-refractivity contribution < 1.29 is 19.5 Å². The van der Waals surface area contributed by atoms with E-state index in [1.807, 2.05) is 20.8 Å². The fraction of sp³-hybridized carbons (Fsp3) is 0.550. The number of hydrogen-bond acceptors (Lipinski definition) is 3. The topological polar surface area (TPSA) is 86.7 Å². The lowest BCUT2D eigenvalue weighted by atomic mass is 9.93. The van der Waals surface area contributed by atoms with E-state index in [1.165, 1.54) is 4.90 Å². The molecular formula is C20H28N2O4. The lowest BCUT2D eigenvalue weighted by Crippen LogP contribution is -2.48. The molecule has 0 saturated carbocycles. The van der Waals surface area contributed by atoms with Gasteiger partial charge in [0.15, 0.2) is 0 Å². The monoisotopic (exact) mass is 360 g/mol. The molecule has 0 aromatic heterocycles. The predicted octanol–water partition coefficient (Wildman–Crippen LogP) is 3.39. The van der Waals surface area contributed by atoms with Crippen molar-refractivity contribution in [2.45, 2.75) is 52.5 Å². The summed E-state index contributed by atoms with van der Waals surface area (Å²) in [7, 11) is 0. The highest BCUT2D eigenvalue weighted by Gasteiger charge is 2.32. The Morgan fingerprint density at radius 3 is 2.65 bits per heavy atom. The zero-order valence-corrected chi connectivity index (χ0v) is 15.7. The summed E-state index contributed by atoms with van der Waals surface area (Å²) >= 11 is 0. The van der Waals surface area contributed by atoms with Crippen LogP contribution in [0.2, 0.25) is 0 Å². The quantitative estimate of drug-likeness (QED) is 0.814. The van der Waals surface area contributed by atoms with Gasteiger partial charge >= 0.3 is 5.97 Å². The predicted molar refractivity (Wildman–Crippen MR) is 100 cm³/mol. The smallest absolute Gasteiger partial charge is 0.326 e. The van der Waals surface area contributed by atoms with Gasteiger partial charge in [0.1, 0.15) is 6.04 Å². The highest BCUT2D eigenvalue weighted by atomic mass is 16.4. The molecule has 1 fully saturated rings. The summed E-state index contributed by atoms with van der Waals surface area (Å²) in [5.41, 5.74) is 0.951. The van der Waals surface area contributed by atoms with Gasteiger partial charge in [0, 0.05) is 23.7 Å². The van der Waals surface area contributed by atoms with Crippen LogP contribution in [-0.4, -0.2) is 40.4 Å². The number of hydrogen-bond donors (Lipinski definition) is 2. The Labute approximate surface area is 154 Å². The van der Waals surface area contributed by atoms with Gasteiger partial charge in [0.25, 0.3) is 5.91 Å². The third-order valence-corrected chi connectivity index (χ3v) is 5.34. The largest absolute Gasteiger partial charge is 0.480 e. The molecule has 3 atom stereocenters. The molecule has 0 bridgehead atoms. The van der Waals surface area contributed by atoms with Crippen LogP contribution in [0.25, 0.3) is 0 Å². The van der Waals surface area contributed by atoms with Crippen LogP contribution in [0.15, 0.2) is 24.3 Å². The summed E-state index contributed by atoms with van der Waals surface area (Å²) in [6.07, 6.45) is 3.01. The number of aliphatic carboxylic acids is 1. The van der Waals surface area contributed by atoms with Gasteiger partial charge in [0.2, 0.25) is 5.91 Å². The molecule has 1 aliphatic rings. The zero-order valence-electron chi connectivity index (χ0n) is 15.7. The molecule has 0 radical (unpaired) electrons. The van der Waals surface area contributed by atoms with Crippen molar-refractivity contribution in [3.63, 3.8) is 0 Å². The first-order chi connectivity index (χ1) is 12.3. The summed E-state index contributed by atoms with van der Waals surface area (Å²) in [6, 6.07) is 5.94. The molecule has 1 aromatic rings. The van der Waals surface area contributed by atoms with Crippen molar-refractivity contribution in [3.05, 3.63) is 29.8 Å². The second-order valence-electron chi connectivity index (χ2n) is 7.09. The Kier molecular flexibility index (Phi) is 6.77. The minimum atomic E-state index is -0.968. The average molecular weight is 360 g/mol. The third kappa shape index (κ3) is 4.62. The number of nitrogens with one attached hydrogen (secondary N) is 1. The highest BCUT2D eigenvalue weighted by molar-refractivity contribution is 5.99. The molecule has 1 saturated heterocycles. The molecule has 2 amide bonds. The number of carboxylic acids is 1. The SMILES string of the molecule is CCC(C)C(C)C(=O)Nc1cccc(C(=O)N2CCCCC2C(=O)O)c1. The van der Waals surface area contributed by atoms with Crippen molar-refractivity contribution >= 4 is 23.5 Å². The molecule has 6 nitrogen and oxygen atoms in total. The number of carbonyl (C=O) groups excluding carboxylic acids is 2. The van der Waals surface area contributed by atoms with Crippen LogP contribution in [0.4, 0.5) is 5.69 Å². The Bertz CT molecular complexity index is 674. The summed E-state index contributed by atoms with van der Waals surface area (Å²) in [6.45, 7) is 6.42. The van der Waals surface area contributed by atoms with Crippen LogP contribution in [0.5, 0.6) is 0 Å². The summed E-state index contributed by atoms with van der Waals surface area (Å²) in [5, 5.41) is 12.2. The first kappa shape index (κ1) is 19.9. The minimum absolute atomic E-state index is 0.0784. The van der Waals surface area contributed by atoms with E-state index in [4.69, 9.17) is 0 Å². The van der Waals surface area contributed by atoms with Crippen molar-refractivity contribution in [3.8, 4) is 0 Å². The Hall–Kier alpha value is -2.37. The van der Waals surface area contributed by atoms with Gasteiger partial charge in [-0.1, -0.05) is 33.3 Å². The van der Waals surface area contributed by atoms with Gasteiger partial charge in [-0.05, 0) is 43.4 Å². The van der Waals surface area contributed by atoms with E-state index in [0.29, 0.717) is 24.2 Å². The van der Waals surface area contributed by atoms with E-state index in [-0.39, 0.29) is 23.7 Å². The van der Waals surface area contributed by atoms with Gasteiger partial charge in [-0.15, -0.1) is 0 Å². The number of nitrogens with zero attached hydrogens (tertiary/aromatic N) is 1. The Morgan fingerprint density at radius 2 is 2.00 bits per heavy atom. The lowest BCUT2D eigenvalue weighted by Gasteiger charge is -2.33. The molecule has 0 aliphatic carbocycles. The maximum absolute atomic E-state index is 12.8. The molecule has 2 N–H and O–H groups in total. The fourth-order valence-corrected chi connectivity index (χ4v) is 3.20. The Morgan fingerprint density at radius 1 is 1.27 bits per heavy atom. The van der Waals surface area contributed by atoms with Gasteiger partial charge in [0.05, 0.1) is 0 Å². The molecule has 142 valence electrons. The van der Waals surface area contributed by atoms with Crippen LogP contribution in [0, 0.1) is 11.8 Å². The van der Waals surface area contributed by atoms with Crippen molar-refractivity contribution in [1.29, 1.82) is 0 Å². The number of piperidine rings is 1. The first-order valence-electron chi connectivity index (χ1n) is 9.29. The number of carbonyl (C=O) groups is 3. The second-order valence-corrected chi connectivity index (χ2v) is 7.09. The van der Waals surface area contributed by atoms with Crippen LogP contribution in [0.3, 0.4) is 0 Å². The average Bonchev–Trinajstić information content (AvgIpc) is 2.66. The Balaban J connectivity index is 2.14. The van der Waals surface area contributed by atoms with E-state index >= 15 is 0 Å². The van der Waals surface area contributed by atoms with E-state index in [2.05, 4.69) is 5.32 Å². The summed E-state index contributed by atoms with van der Waals surface area (Å²) < 4.78 is 0. The number of likely N-dealkylation sites (tertiary alicyclic amines) is 1. The van der Waals surface area contributed by atoms with Crippen molar-refractivity contribution in [2.75, 3.05) is 11.9 Å². The maximum atomic E-state index is 12.8. The summed E-state index contributed by atoms with van der Waals surface area (Å²) in [4.78, 5) is 38.0. The molecule has 3 unspecified atom stereocenters. The number of anilines is 1.